The third-order valence-corrected chi connectivity index (χ3v) is 5.80. The van der Waals surface area contributed by atoms with Gasteiger partial charge in [-0.1, -0.05) is 81.2 Å². The summed E-state index contributed by atoms with van der Waals surface area (Å²) in [5.74, 6) is -2.45. The molecule has 0 radical (unpaired) electrons. The first-order valence-electron chi connectivity index (χ1n) is 6.11. The Hall–Kier alpha value is -0.590. The number of hydrogen-bond donors (Lipinski definition) is 2. The molecule has 2 aromatic carbocycles. The number of carbonyl (C=O) groups is 2. The summed E-state index contributed by atoms with van der Waals surface area (Å²) >= 11 is 41.3. The zero-order valence-electron chi connectivity index (χ0n) is 11.6. The van der Waals surface area contributed by atoms with E-state index >= 15 is 0 Å². The van der Waals surface area contributed by atoms with Crippen LogP contribution in [0.5, 0.6) is 0 Å². The topological polar surface area (TPSA) is 66.4 Å². The van der Waals surface area contributed by atoms with Gasteiger partial charge in [-0.3, -0.25) is 4.79 Å². The second-order valence-corrected chi connectivity index (χ2v) is 7.24. The Kier molecular flexibility index (Phi) is 6.60. The Labute approximate surface area is 176 Å². The molecule has 4 nitrogen and oxygen atoms in total. The third-order valence-electron chi connectivity index (χ3n) is 2.97. The Morgan fingerprint density at radius 3 is 1.72 bits per heavy atom. The normalized spacial score (nSPS) is 10.7. The van der Waals surface area contributed by atoms with Crippen molar-refractivity contribution in [1.29, 1.82) is 0 Å². The van der Waals surface area contributed by atoms with Crippen molar-refractivity contribution in [3.05, 3.63) is 58.4 Å². The molecule has 0 spiro atoms. The molecule has 2 N–H and O–H groups in total. The van der Waals surface area contributed by atoms with E-state index in [1.54, 1.807) is 0 Å². The number of carboxylic acid groups (broad SMARTS) is 1. The van der Waals surface area contributed by atoms with E-state index in [9.17, 15) is 14.7 Å². The number of anilines is 1. The van der Waals surface area contributed by atoms with Crippen LogP contribution in [0.25, 0.3) is 0 Å². The summed E-state index contributed by atoms with van der Waals surface area (Å²) in [4.78, 5) is 24.1. The molecule has 0 atom stereocenters. The zero-order chi connectivity index (χ0) is 19.0. The molecule has 0 aliphatic carbocycles. The number of halogens is 7. The molecule has 25 heavy (non-hydrogen) atoms. The third kappa shape index (κ3) is 4.06. The Bertz CT molecular complexity index is 914. The fourth-order valence-corrected chi connectivity index (χ4v) is 3.46. The second kappa shape index (κ2) is 7.97. The molecule has 0 aromatic heterocycles. The number of carboxylic acids is 1. The Balaban J connectivity index is 2.61. The maximum Gasteiger partial charge on any atom is 0.338 e. The van der Waals surface area contributed by atoms with E-state index in [2.05, 4.69) is 5.32 Å². The largest absolute Gasteiger partial charge is 0.478 e. The van der Waals surface area contributed by atoms with E-state index in [0.29, 0.717) is 0 Å². The number of hydrogen-bond acceptors (Lipinski definition) is 2. The highest BCUT2D eigenvalue weighted by molar-refractivity contribution is 6.54. The Morgan fingerprint density at radius 1 is 0.720 bits per heavy atom. The highest BCUT2D eigenvalue weighted by Crippen LogP contribution is 2.42. The SMILES string of the molecule is O=C(O)c1c(Cl)c(Cl)c(Cl)c(Cl)c1C(=O)Nc1cc(Cl)c(Cl)cc1Cl. The molecule has 0 unspecified atom stereocenters. The Morgan fingerprint density at radius 2 is 1.20 bits per heavy atom. The first-order chi connectivity index (χ1) is 11.6. The summed E-state index contributed by atoms with van der Waals surface area (Å²) < 4.78 is 0. The molecule has 0 aliphatic heterocycles. The van der Waals surface area contributed by atoms with E-state index < -0.39 is 28.0 Å². The highest BCUT2D eigenvalue weighted by atomic mass is 35.5. The van der Waals surface area contributed by atoms with Gasteiger partial charge in [-0.15, -0.1) is 0 Å². The summed E-state index contributed by atoms with van der Waals surface area (Å²) in [5.41, 5.74) is -0.999. The monoisotopic (exact) mass is 479 g/mol. The van der Waals surface area contributed by atoms with Gasteiger partial charge in [0.05, 0.1) is 52.0 Å². The molecule has 11 heteroatoms. The van der Waals surface area contributed by atoms with Crippen LogP contribution in [0.1, 0.15) is 20.7 Å². The molecule has 0 saturated heterocycles. The predicted octanol–water partition coefficient (Wildman–Crippen LogP) is 7.21. The lowest BCUT2D eigenvalue weighted by Crippen LogP contribution is -2.18. The van der Waals surface area contributed by atoms with Gasteiger partial charge < -0.3 is 10.4 Å². The molecule has 0 bridgehead atoms. The van der Waals surface area contributed by atoms with Gasteiger partial charge in [-0.05, 0) is 12.1 Å². The molecule has 0 heterocycles. The molecule has 0 aliphatic rings. The van der Waals surface area contributed by atoms with Crippen LogP contribution in [-0.4, -0.2) is 17.0 Å². The summed E-state index contributed by atoms with van der Waals surface area (Å²) in [6, 6.07) is 2.60. The average molecular weight is 482 g/mol. The number of rotatable bonds is 3. The molecular weight excluding hydrogens is 478 g/mol. The van der Waals surface area contributed by atoms with Crippen LogP contribution < -0.4 is 5.32 Å². The van der Waals surface area contributed by atoms with Crippen molar-refractivity contribution in [2.24, 2.45) is 0 Å². The number of nitrogens with one attached hydrogen (secondary N) is 1. The maximum absolute atomic E-state index is 12.6. The van der Waals surface area contributed by atoms with Crippen LogP contribution in [0.3, 0.4) is 0 Å². The molecule has 0 fully saturated rings. The summed E-state index contributed by atoms with van der Waals surface area (Å²) in [6.45, 7) is 0. The standard InChI is InChI=1S/C14H4Cl7NO3/c15-3-1-5(17)6(2-4(3)16)22-13(23)7-8(14(24)25)10(19)12(21)11(20)9(7)18/h1-2H,(H,22,23)(H,24,25). The molecule has 2 rings (SSSR count). The van der Waals surface area contributed by atoms with Crippen LogP contribution in [0.4, 0.5) is 5.69 Å². The van der Waals surface area contributed by atoms with Crippen molar-refractivity contribution >= 4 is 98.8 Å². The van der Waals surface area contributed by atoms with Gasteiger partial charge in [0.15, 0.2) is 0 Å². The average Bonchev–Trinajstić information content (AvgIpc) is 2.53. The predicted molar refractivity (Wildman–Crippen MR) is 103 cm³/mol. The quantitative estimate of drug-likeness (QED) is 0.359. The van der Waals surface area contributed by atoms with Gasteiger partial charge in [0.1, 0.15) is 0 Å². The second-order valence-electron chi connectivity index (χ2n) is 4.51. The molecule has 2 aromatic rings. The zero-order valence-corrected chi connectivity index (χ0v) is 16.9. The van der Waals surface area contributed by atoms with Crippen LogP contribution in [0.2, 0.25) is 35.2 Å². The minimum atomic E-state index is -1.52. The van der Waals surface area contributed by atoms with Crippen LogP contribution in [0, 0.1) is 0 Å². The van der Waals surface area contributed by atoms with Crippen LogP contribution in [-0.2, 0) is 0 Å². The van der Waals surface area contributed by atoms with Crippen molar-refractivity contribution in [3.63, 3.8) is 0 Å². The summed E-state index contributed by atoms with van der Waals surface area (Å²) in [6.07, 6.45) is 0. The van der Waals surface area contributed by atoms with Crippen molar-refractivity contribution in [1.82, 2.24) is 0 Å². The maximum atomic E-state index is 12.6. The summed E-state index contributed by atoms with van der Waals surface area (Å²) in [7, 11) is 0. The molecular formula is C14H4Cl7NO3. The molecule has 0 saturated carbocycles. The lowest BCUT2D eigenvalue weighted by atomic mass is 10.1. The number of carbonyl (C=O) groups excluding carboxylic acids is 1. The van der Waals surface area contributed by atoms with Crippen molar-refractivity contribution in [2.75, 3.05) is 5.32 Å². The first-order valence-corrected chi connectivity index (χ1v) is 8.76. The highest BCUT2D eigenvalue weighted by Gasteiger charge is 2.29. The van der Waals surface area contributed by atoms with Crippen molar-refractivity contribution in [3.8, 4) is 0 Å². The molecule has 1 amide bonds. The lowest BCUT2D eigenvalue weighted by molar-refractivity contribution is 0.0692. The van der Waals surface area contributed by atoms with E-state index in [-0.39, 0.29) is 35.8 Å². The number of amides is 1. The van der Waals surface area contributed by atoms with Gasteiger partial charge in [0.2, 0.25) is 0 Å². The van der Waals surface area contributed by atoms with E-state index in [1.807, 2.05) is 0 Å². The lowest BCUT2D eigenvalue weighted by Gasteiger charge is -2.15. The van der Waals surface area contributed by atoms with Gasteiger partial charge in [0, 0.05) is 0 Å². The fraction of sp³-hybridized carbons (Fsp3) is 0. The number of benzene rings is 2. The van der Waals surface area contributed by atoms with E-state index in [4.69, 9.17) is 81.2 Å². The van der Waals surface area contributed by atoms with Crippen molar-refractivity contribution < 1.29 is 14.7 Å². The minimum Gasteiger partial charge on any atom is -0.478 e. The first kappa shape index (κ1) is 20.7. The van der Waals surface area contributed by atoms with Gasteiger partial charge in [-0.25, -0.2) is 4.79 Å². The minimum absolute atomic E-state index is 0.0712. The van der Waals surface area contributed by atoms with Crippen LogP contribution in [0.15, 0.2) is 12.1 Å². The van der Waals surface area contributed by atoms with Crippen molar-refractivity contribution in [2.45, 2.75) is 0 Å². The van der Waals surface area contributed by atoms with Crippen LogP contribution >= 0.6 is 81.2 Å². The number of aromatic carboxylic acids is 1. The summed E-state index contributed by atoms with van der Waals surface area (Å²) in [5, 5.41) is 10.8. The van der Waals surface area contributed by atoms with Gasteiger partial charge in [-0.2, -0.15) is 0 Å². The van der Waals surface area contributed by atoms with E-state index in [1.165, 1.54) is 12.1 Å². The van der Waals surface area contributed by atoms with Gasteiger partial charge >= 0.3 is 5.97 Å². The van der Waals surface area contributed by atoms with Gasteiger partial charge in [0.25, 0.3) is 5.91 Å². The fourth-order valence-electron chi connectivity index (χ4n) is 1.85. The molecule has 132 valence electrons. The smallest absolute Gasteiger partial charge is 0.338 e. The van der Waals surface area contributed by atoms with E-state index in [0.717, 1.165) is 0 Å².